The van der Waals surface area contributed by atoms with E-state index in [1.165, 1.54) is 0 Å². The highest BCUT2D eigenvalue weighted by molar-refractivity contribution is 8.04. The van der Waals surface area contributed by atoms with Gasteiger partial charge in [0.15, 0.2) is 0 Å². The van der Waals surface area contributed by atoms with Crippen LogP contribution in [0.3, 0.4) is 0 Å². The Morgan fingerprint density at radius 1 is 0.903 bits per heavy atom. The minimum Gasteiger partial charge on any atom is -0.306 e. The van der Waals surface area contributed by atoms with Gasteiger partial charge in [-0.3, -0.25) is 10.2 Å². The number of amides is 1. The van der Waals surface area contributed by atoms with Crippen LogP contribution in [0.15, 0.2) is 109 Å². The number of benzene rings is 3. The van der Waals surface area contributed by atoms with E-state index in [2.05, 4.69) is 22.5 Å². The molecule has 1 fully saturated rings. The second-order valence-corrected chi connectivity index (χ2v) is 8.23. The summed E-state index contributed by atoms with van der Waals surface area (Å²) in [5, 5.41) is 1.53. The molecule has 3 aromatic carbocycles. The van der Waals surface area contributed by atoms with Gasteiger partial charge in [0.05, 0.1) is 16.9 Å². The smallest absolute Gasteiger partial charge is 0.280 e. The van der Waals surface area contributed by atoms with Gasteiger partial charge in [-0.25, -0.2) is 9.99 Å². The van der Waals surface area contributed by atoms with Crippen molar-refractivity contribution in [2.75, 3.05) is 5.43 Å². The molecule has 1 atom stereocenters. The average Bonchev–Trinajstić information content (AvgIpc) is 3.46. The van der Waals surface area contributed by atoms with E-state index in [4.69, 9.17) is 0 Å². The molecule has 1 unspecified atom stereocenters. The van der Waals surface area contributed by atoms with Crippen LogP contribution in [0.1, 0.15) is 16.5 Å². The molecule has 1 aromatic heterocycles. The number of hydrazine groups is 1. The summed E-state index contributed by atoms with van der Waals surface area (Å²) >= 11 is 1.55. The van der Waals surface area contributed by atoms with E-state index in [0.717, 1.165) is 22.5 Å². The lowest BCUT2D eigenvalue weighted by molar-refractivity contribution is -0.124. The molecule has 2 heterocycles. The molecule has 1 aliphatic heterocycles. The SMILES string of the molecule is O=C1/C(=C\c2ccccc2)SC(c2ccc(-n3ccnc3)cc2)N1Nc1ccccc1. The fourth-order valence-electron chi connectivity index (χ4n) is 3.45. The molecule has 1 saturated heterocycles. The van der Waals surface area contributed by atoms with Crippen LogP contribution < -0.4 is 5.43 Å². The van der Waals surface area contributed by atoms with Crippen molar-refractivity contribution in [3.8, 4) is 5.69 Å². The Morgan fingerprint density at radius 3 is 2.29 bits per heavy atom. The van der Waals surface area contributed by atoms with Crippen LogP contribution in [0, 0.1) is 0 Å². The van der Waals surface area contributed by atoms with Gasteiger partial charge in [-0.15, -0.1) is 0 Å². The second kappa shape index (κ2) is 8.53. The molecule has 1 amide bonds. The summed E-state index contributed by atoms with van der Waals surface area (Å²) in [5.41, 5.74) is 7.25. The quantitative estimate of drug-likeness (QED) is 0.429. The lowest BCUT2D eigenvalue weighted by atomic mass is 10.2. The number of para-hydroxylation sites is 1. The summed E-state index contributed by atoms with van der Waals surface area (Å²) < 4.78 is 1.96. The fourth-order valence-corrected chi connectivity index (χ4v) is 4.64. The van der Waals surface area contributed by atoms with Crippen molar-refractivity contribution < 1.29 is 4.79 Å². The highest BCUT2D eigenvalue weighted by atomic mass is 32.2. The number of aromatic nitrogens is 2. The maximum Gasteiger partial charge on any atom is 0.280 e. The molecule has 0 spiro atoms. The Labute approximate surface area is 185 Å². The summed E-state index contributed by atoms with van der Waals surface area (Å²) in [6, 6.07) is 27.9. The third-order valence-electron chi connectivity index (χ3n) is 5.00. The zero-order chi connectivity index (χ0) is 21.0. The number of rotatable bonds is 5. The number of hydrogen-bond acceptors (Lipinski definition) is 4. The molecule has 0 bridgehead atoms. The van der Waals surface area contributed by atoms with Crippen LogP contribution in [-0.2, 0) is 4.79 Å². The number of nitrogens with one attached hydrogen (secondary N) is 1. The van der Waals surface area contributed by atoms with Crippen LogP contribution in [0.25, 0.3) is 11.8 Å². The highest BCUT2D eigenvalue weighted by Gasteiger charge is 2.37. The summed E-state index contributed by atoms with van der Waals surface area (Å²) in [5.74, 6) is -0.0404. The van der Waals surface area contributed by atoms with Crippen LogP contribution in [-0.4, -0.2) is 20.5 Å². The van der Waals surface area contributed by atoms with Gasteiger partial charge in [0.1, 0.15) is 5.37 Å². The molecule has 0 radical (unpaired) electrons. The molecule has 1 N–H and O–H groups in total. The average molecular weight is 425 g/mol. The molecule has 31 heavy (non-hydrogen) atoms. The highest BCUT2D eigenvalue weighted by Crippen LogP contribution is 2.46. The Kier molecular flexibility index (Phi) is 5.29. The number of carbonyl (C=O) groups excluding carboxylic acids is 1. The van der Waals surface area contributed by atoms with Gasteiger partial charge in [-0.1, -0.05) is 72.4 Å². The van der Waals surface area contributed by atoms with Crippen LogP contribution in [0.2, 0.25) is 0 Å². The summed E-state index contributed by atoms with van der Waals surface area (Å²) in [6.07, 6.45) is 7.39. The van der Waals surface area contributed by atoms with Crippen molar-refractivity contribution in [2.24, 2.45) is 0 Å². The summed E-state index contributed by atoms with van der Waals surface area (Å²) in [6.45, 7) is 0. The largest absolute Gasteiger partial charge is 0.306 e. The lowest BCUT2D eigenvalue weighted by Gasteiger charge is -2.25. The zero-order valence-corrected chi connectivity index (χ0v) is 17.4. The van der Waals surface area contributed by atoms with E-state index < -0.39 is 0 Å². The number of nitrogens with zero attached hydrogens (tertiary/aromatic N) is 3. The Morgan fingerprint density at radius 2 is 1.61 bits per heavy atom. The van der Waals surface area contributed by atoms with Gasteiger partial charge in [0.2, 0.25) is 0 Å². The molecule has 5 rings (SSSR count). The first-order valence-electron chi connectivity index (χ1n) is 9.95. The fraction of sp³-hybridized carbons (Fsp3) is 0.0400. The minimum atomic E-state index is -0.181. The maximum absolute atomic E-state index is 13.3. The van der Waals surface area contributed by atoms with Crippen LogP contribution >= 0.6 is 11.8 Å². The first-order valence-corrected chi connectivity index (χ1v) is 10.8. The van der Waals surface area contributed by atoms with E-state index in [9.17, 15) is 4.79 Å². The molecule has 4 aromatic rings. The van der Waals surface area contributed by atoms with Gasteiger partial charge >= 0.3 is 0 Å². The monoisotopic (exact) mass is 424 g/mol. The zero-order valence-electron chi connectivity index (χ0n) is 16.6. The third-order valence-corrected chi connectivity index (χ3v) is 6.26. The lowest BCUT2D eigenvalue weighted by Crippen LogP contribution is -2.33. The topological polar surface area (TPSA) is 50.2 Å². The van der Waals surface area contributed by atoms with E-state index >= 15 is 0 Å². The van der Waals surface area contributed by atoms with Gasteiger partial charge in [0, 0.05) is 18.1 Å². The molecule has 152 valence electrons. The van der Waals surface area contributed by atoms with E-state index in [1.54, 1.807) is 29.3 Å². The second-order valence-electron chi connectivity index (χ2n) is 7.10. The number of carbonyl (C=O) groups is 1. The van der Waals surface area contributed by atoms with Crippen molar-refractivity contribution in [2.45, 2.75) is 5.37 Å². The number of hydrogen-bond donors (Lipinski definition) is 1. The standard InChI is InChI=1S/C25H20N4OS/c30-24-23(17-19-7-3-1-4-8-19)31-25(29(24)27-21-9-5-2-6-10-21)20-11-13-22(14-12-20)28-16-15-26-18-28/h1-18,25,27H/b23-17+. The van der Waals surface area contributed by atoms with Crippen molar-refractivity contribution in [1.82, 2.24) is 14.6 Å². The first-order chi connectivity index (χ1) is 15.3. The normalized spacial score (nSPS) is 17.3. The summed E-state index contributed by atoms with van der Waals surface area (Å²) in [7, 11) is 0. The molecule has 0 aliphatic carbocycles. The van der Waals surface area contributed by atoms with E-state index in [1.807, 2.05) is 89.6 Å². The van der Waals surface area contributed by atoms with Gasteiger partial charge < -0.3 is 4.57 Å². The first kappa shape index (κ1) is 19.2. The number of anilines is 1. The van der Waals surface area contributed by atoms with E-state index in [-0.39, 0.29) is 11.3 Å². The van der Waals surface area contributed by atoms with Crippen molar-refractivity contribution in [3.05, 3.63) is 120 Å². The molecule has 5 nitrogen and oxygen atoms in total. The summed E-state index contributed by atoms with van der Waals surface area (Å²) in [4.78, 5) is 18.1. The Hall–Kier alpha value is -3.77. The maximum atomic E-state index is 13.3. The Balaban J connectivity index is 1.48. The Bertz CT molecular complexity index is 1190. The van der Waals surface area contributed by atoms with Crippen LogP contribution in [0.5, 0.6) is 0 Å². The van der Waals surface area contributed by atoms with Gasteiger partial charge in [0.25, 0.3) is 5.91 Å². The number of thioether (sulfide) groups is 1. The van der Waals surface area contributed by atoms with Gasteiger partial charge in [-0.2, -0.15) is 0 Å². The van der Waals surface area contributed by atoms with Crippen LogP contribution in [0.4, 0.5) is 5.69 Å². The van der Waals surface area contributed by atoms with Crippen molar-refractivity contribution in [1.29, 1.82) is 0 Å². The molecular weight excluding hydrogens is 404 g/mol. The van der Waals surface area contributed by atoms with Crippen molar-refractivity contribution in [3.63, 3.8) is 0 Å². The van der Waals surface area contributed by atoms with Crippen molar-refractivity contribution >= 4 is 29.4 Å². The molecule has 6 heteroatoms. The minimum absolute atomic E-state index is 0.0404. The third kappa shape index (κ3) is 4.11. The molecular formula is C25H20N4OS. The number of imidazole rings is 1. The predicted molar refractivity (Wildman–Crippen MR) is 125 cm³/mol. The van der Waals surface area contributed by atoms with Gasteiger partial charge in [-0.05, 0) is 41.5 Å². The van der Waals surface area contributed by atoms with E-state index in [0.29, 0.717) is 4.91 Å². The molecule has 0 saturated carbocycles. The predicted octanol–water partition coefficient (Wildman–Crippen LogP) is 5.51. The molecule has 1 aliphatic rings.